The van der Waals surface area contributed by atoms with Crippen molar-refractivity contribution in [3.63, 3.8) is 0 Å². The summed E-state index contributed by atoms with van der Waals surface area (Å²) in [5.41, 5.74) is 0.924. The second-order valence-corrected chi connectivity index (χ2v) is 5.15. The first kappa shape index (κ1) is 16.7. The molecular weight excluding hydrogens is 297 g/mol. The minimum absolute atomic E-state index is 0.0768. The van der Waals surface area contributed by atoms with Gasteiger partial charge in [-0.05, 0) is 32.0 Å². The van der Waals surface area contributed by atoms with Crippen LogP contribution in [0.5, 0.6) is 5.75 Å². The Bertz CT molecular complexity index is 715. The fourth-order valence-corrected chi connectivity index (χ4v) is 2.01. The van der Waals surface area contributed by atoms with Gasteiger partial charge in [0.15, 0.2) is 11.9 Å². The second kappa shape index (κ2) is 7.54. The summed E-state index contributed by atoms with van der Waals surface area (Å²) in [6, 6.07) is 12.9. The number of ketones is 1. The molecule has 1 N–H and O–H groups in total. The molecule has 1 unspecified atom stereocenters. The van der Waals surface area contributed by atoms with Crippen LogP contribution in [0.4, 0.5) is 4.39 Å². The zero-order valence-electron chi connectivity index (χ0n) is 13.0. The summed E-state index contributed by atoms with van der Waals surface area (Å²) in [6.45, 7) is 3.15. The van der Waals surface area contributed by atoms with Crippen LogP contribution in [0.25, 0.3) is 0 Å². The van der Waals surface area contributed by atoms with Gasteiger partial charge in [-0.25, -0.2) is 4.39 Å². The molecule has 0 saturated carbocycles. The molecule has 0 aliphatic rings. The van der Waals surface area contributed by atoms with E-state index < -0.39 is 6.10 Å². The van der Waals surface area contributed by atoms with Gasteiger partial charge >= 0.3 is 0 Å². The van der Waals surface area contributed by atoms with Gasteiger partial charge in [-0.1, -0.05) is 30.3 Å². The van der Waals surface area contributed by atoms with E-state index >= 15 is 0 Å². The smallest absolute Gasteiger partial charge is 0.261 e. The highest BCUT2D eigenvalue weighted by Crippen LogP contribution is 2.15. The number of carbonyl (C=O) groups is 2. The molecule has 0 aliphatic heterocycles. The Morgan fingerprint density at radius 1 is 1.17 bits per heavy atom. The summed E-state index contributed by atoms with van der Waals surface area (Å²) in [5.74, 6) is -0.365. The molecule has 0 spiro atoms. The van der Waals surface area contributed by atoms with Crippen LogP contribution in [0, 0.1) is 5.82 Å². The lowest BCUT2D eigenvalue weighted by molar-refractivity contribution is -0.127. The van der Waals surface area contributed by atoms with E-state index in [0.717, 1.165) is 0 Å². The number of benzene rings is 2. The van der Waals surface area contributed by atoms with Crippen LogP contribution in [0.3, 0.4) is 0 Å². The summed E-state index contributed by atoms with van der Waals surface area (Å²) < 4.78 is 19.0. The first-order chi connectivity index (χ1) is 11.0. The maximum absolute atomic E-state index is 13.5. The molecule has 0 radical (unpaired) electrons. The minimum Gasteiger partial charge on any atom is -0.481 e. The third-order valence-electron chi connectivity index (χ3n) is 3.33. The first-order valence-electron chi connectivity index (χ1n) is 7.26. The Morgan fingerprint density at radius 2 is 1.91 bits per heavy atom. The van der Waals surface area contributed by atoms with Crippen molar-refractivity contribution >= 4 is 11.7 Å². The predicted octanol–water partition coefficient (Wildman–Crippen LogP) is 3.11. The van der Waals surface area contributed by atoms with Crippen molar-refractivity contribution in [3.05, 3.63) is 65.5 Å². The van der Waals surface area contributed by atoms with Gasteiger partial charge < -0.3 is 10.1 Å². The molecule has 0 heterocycles. The van der Waals surface area contributed by atoms with Gasteiger partial charge in [-0.2, -0.15) is 0 Å². The standard InChI is InChI=1S/C18H18FNO3/c1-12(21)14-7-5-8-16(10-14)23-13(2)18(22)20-11-15-6-3-4-9-17(15)19/h3-10,13H,11H2,1-2H3,(H,20,22). The molecule has 0 saturated heterocycles. The van der Waals surface area contributed by atoms with E-state index in [1.54, 1.807) is 49.4 Å². The Labute approximate surface area is 134 Å². The lowest BCUT2D eigenvalue weighted by Gasteiger charge is -2.15. The van der Waals surface area contributed by atoms with Crippen LogP contribution >= 0.6 is 0 Å². The van der Waals surface area contributed by atoms with Gasteiger partial charge in [0.1, 0.15) is 11.6 Å². The third kappa shape index (κ3) is 4.64. The zero-order valence-corrected chi connectivity index (χ0v) is 13.0. The number of nitrogens with one attached hydrogen (secondary N) is 1. The average Bonchev–Trinajstić information content (AvgIpc) is 2.54. The number of amides is 1. The number of ether oxygens (including phenoxy) is 1. The lowest BCUT2D eigenvalue weighted by atomic mass is 10.1. The van der Waals surface area contributed by atoms with Gasteiger partial charge in [0.25, 0.3) is 5.91 Å². The Morgan fingerprint density at radius 3 is 2.61 bits per heavy atom. The second-order valence-electron chi connectivity index (χ2n) is 5.15. The molecule has 120 valence electrons. The summed E-state index contributed by atoms with van der Waals surface area (Å²) in [5, 5.41) is 2.63. The summed E-state index contributed by atoms with van der Waals surface area (Å²) in [7, 11) is 0. The van der Waals surface area contributed by atoms with Crippen LogP contribution in [-0.4, -0.2) is 17.8 Å². The number of hydrogen-bond donors (Lipinski definition) is 1. The van der Waals surface area contributed by atoms with Crippen molar-refractivity contribution in [3.8, 4) is 5.75 Å². The first-order valence-corrected chi connectivity index (χ1v) is 7.26. The molecule has 0 bridgehead atoms. The quantitative estimate of drug-likeness (QED) is 0.833. The number of hydrogen-bond acceptors (Lipinski definition) is 3. The third-order valence-corrected chi connectivity index (χ3v) is 3.33. The molecule has 0 aromatic heterocycles. The highest BCUT2D eigenvalue weighted by molar-refractivity contribution is 5.94. The zero-order chi connectivity index (χ0) is 16.8. The number of carbonyl (C=O) groups excluding carboxylic acids is 2. The van der Waals surface area contributed by atoms with Gasteiger partial charge in [0, 0.05) is 17.7 Å². The maximum atomic E-state index is 13.5. The van der Waals surface area contributed by atoms with Crippen LogP contribution in [0.15, 0.2) is 48.5 Å². The van der Waals surface area contributed by atoms with Crippen molar-refractivity contribution in [2.45, 2.75) is 26.5 Å². The van der Waals surface area contributed by atoms with Crippen molar-refractivity contribution < 1.29 is 18.7 Å². The summed E-state index contributed by atoms with van der Waals surface area (Å²) in [4.78, 5) is 23.4. The number of halogens is 1. The molecule has 5 heteroatoms. The molecular formula is C18H18FNO3. The minimum atomic E-state index is -0.760. The summed E-state index contributed by atoms with van der Waals surface area (Å²) in [6.07, 6.45) is -0.760. The van der Waals surface area contributed by atoms with Crippen LogP contribution in [0.2, 0.25) is 0 Å². The average molecular weight is 315 g/mol. The fraction of sp³-hybridized carbons (Fsp3) is 0.222. The molecule has 2 aromatic rings. The van der Waals surface area contributed by atoms with E-state index in [0.29, 0.717) is 16.9 Å². The van der Waals surface area contributed by atoms with Crippen molar-refractivity contribution in [2.75, 3.05) is 0 Å². The topological polar surface area (TPSA) is 55.4 Å². The maximum Gasteiger partial charge on any atom is 0.261 e. The normalized spacial score (nSPS) is 11.6. The van der Waals surface area contributed by atoms with Gasteiger partial charge in [-0.15, -0.1) is 0 Å². The van der Waals surface area contributed by atoms with Crippen molar-refractivity contribution in [1.82, 2.24) is 5.32 Å². The van der Waals surface area contributed by atoms with E-state index in [9.17, 15) is 14.0 Å². The van der Waals surface area contributed by atoms with Gasteiger partial charge in [0.2, 0.25) is 0 Å². The van der Waals surface area contributed by atoms with Gasteiger partial charge in [0.05, 0.1) is 0 Å². The van der Waals surface area contributed by atoms with E-state index in [-0.39, 0.29) is 24.1 Å². The Balaban J connectivity index is 1.94. The largest absolute Gasteiger partial charge is 0.481 e. The van der Waals surface area contributed by atoms with Crippen molar-refractivity contribution in [1.29, 1.82) is 0 Å². The SMILES string of the molecule is CC(=O)c1cccc(OC(C)C(=O)NCc2ccccc2F)c1. The van der Waals surface area contributed by atoms with Crippen LogP contribution in [0.1, 0.15) is 29.8 Å². The van der Waals surface area contributed by atoms with E-state index in [4.69, 9.17) is 4.74 Å². The highest BCUT2D eigenvalue weighted by Gasteiger charge is 2.15. The molecule has 1 atom stereocenters. The molecule has 0 aliphatic carbocycles. The number of rotatable bonds is 6. The van der Waals surface area contributed by atoms with E-state index in [2.05, 4.69) is 5.32 Å². The lowest BCUT2D eigenvalue weighted by Crippen LogP contribution is -2.36. The van der Waals surface area contributed by atoms with Gasteiger partial charge in [-0.3, -0.25) is 9.59 Å². The molecule has 2 rings (SSSR count). The molecule has 4 nitrogen and oxygen atoms in total. The fourth-order valence-electron chi connectivity index (χ4n) is 2.01. The van der Waals surface area contributed by atoms with Crippen LogP contribution in [-0.2, 0) is 11.3 Å². The van der Waals surface area contributed by atoms with Crippen LogP contribution < -0.4 is 10.1 Å². The van der Waals surface area contributed by atoms with Crippen molar-refractivity contribution in [2.24, 2.45) is 0 Å². The highest BCUT2D eigenvalue weighted by atomic mass is 19.1. The molecule has 0 fully saturated rings. The van der Waals surface area contributed by atoms with E-state index in [1.807, 2.05) is 0 Å². The molecule has 2 aromatic carbocycles. The number of Topliss-reactive ketones (excluding diaryl/α,β-unsaturated/α-hetero) is 1. The Kier molecular flexibility index (Phi) is 5.46. The predicted molar refractivity (Wildman–Crippen MR) is 84.8 cm³/mol. The molecule has 23 heavy (non-hydrogen) atoms. The monoisotopic (exact) mass is 315 g/mol. The Hall–Kier alpha value is -2.69. The van der Waals surface area contributed by atoms with E-state index in [1.165, 1.54) is 13.0 Å². The molecule has 1 amide bonds. The summed E-state index contributed by atoms with van der Waals surface area (Å²) >= 11 is 0.